The van der Waals surface area contributed by atoms with Crippen molar-refractivity contribution in [3.8, 4) is 0 Å². The lowest BCUT2D eigenvalue weighted by molar-refractivity contribution is 0.424. The molecule has 0 aliphatic carbocycles. The van der Waals surface area contributed by atoms with Gasteiger partial charge in [-0.2, -0.15) is 0 Å². The van der Waals surface area contributed by atoms with Crippen LogP contribution in [-0.4, -0.2) is 10.5 Å². The summed E-state index contributed by atoms with van der Waals surface area (Å²) in [6.45, 7) is 7.19. The molecule has 0 fully saturated rings. The second-order valence-corrected chi connectivity index (χ2v) is 8.07. The standard InChI is InChI=1S/C16H18BrClN2S/c1-16(2,3)20-10-11-6-7-12(9-14(11)18)21-15-13(17)5-4-8-19-15/h4-9,20H,10H2,1-3H3. The van der Waals surface area contributed by atoms with E-state index in [1.807, 2.05) is 18.2 Å². The van der Waals surface area contributed by atoms with E-state index in [0.717, 1.165) is 31.5 Å². The van der Waals surface area contributed by atoms with Gasteiger partial charge >= 0.3 is 0 Å². The average Bonchev–Trinajstić information content (AvgIpc) is 2.39. The smallest absolute Gasteiger partial charge is 0.115 e. The summed E-state index contributed by atoms with van der Waals surface area (Å²) < 4.78 is 0.990. The van der Waals surface area contributed by atoms with Gasteiger partial charge in [0.2, 0.25) is 0 Å². The molecular formula is C16H18BrClN2S. The molecule has 2 aromatic rings. The first kappa shape index (κ1) is 16.8. The van der Waals surface area contributed by atoms with E-state index in [1.54, 1.807) is 18.0 Å². The lowest BCUT2D eigenvalue weighted by Crippen LogP contribution is -2.35. The number of nitrogens with zero attached hydrogens (tertiary/aromatic N) is 1. The van der Waals surface area contributed by atoms with E-state index in [4.69, 9.17) is 11.6 Å². The topological polar surface area (TPSA) is 24.9 Å². The van der Waals surface area contributed by atoms with Gasteiger partial charge in [0.1, 0.15) is 5.03 Å². The van der Waals surface area contributed by atoms with Crippen molar-refractivity contribution in [1.29, 1.82) is 0 Å². The van der Waals surface area contributed by atoms with Crippen molar-refractivity contribution in [2.45, 2.75) is 42.8 Å². The van der Waals surface area contributed by atoms with E-state index in [2.05, 4.69) is 59.1 Å². The minimum atomic E-state index is 0.0789. The molecule has 0 unspecified atom stereocenters. The number of aromatic nitrogens is 1. The van der Waals surface area contributed by atoms with E-state index in [-0.39, 0.29) is 5.54 Å². The zero-order valence-corrected chi connectivity index (χ0v) is 15.4. The molecule has 0 bridgehead atoms. The van der Waals surface area contributed by atoms with Crippen LogP contribution in [0.5, 0.6) is 0 Å². The first-order chi connectivity index (χ1) is 9.85. The van der Waals surface area contributed by atoms with Crippen molar-refractivity contribution in [3.05, 3.63) is 51.6 Å². The van der Waals surface area contributed by atoms with Crippen LogP contribution < -0.4 is 5.32 Å². The molecule has 0 saturated heterocycles. The fourth-order valence-corrected chi connectivity index (χ4v) is 3.28. The molecule has 0 aliphatic rings. The maximum absolute atomic E-state index is 6.38. The normalized spacial score (nSPS) is 11.7. The van der Waals surface area contributed by atoms with E-state index < -0.39 is 0 Å². The number of hydrogen-bond acceptors (Lipinski definition) is 3. The van der Waals surface area contributed by atoms with Crippen LogP contribution in [0.1, 0.15) is 26.3 Å². The molecule has 1 N–H and O–H groups in total. The Morgan fingerprint density at radius 3 is 2.67 bits per heavy atom. The third-order valence-electron chi connectivity index (χ3n) is 2.77. The van der Waals surface area contributed by atoms with Crippen molar-refractivity contribution in [3.63, 3.8) is 0 Å². The van der Waals surface area contributed by atoms with Gasteiger partial charge < -0.3 is 5.32 Å². The highest BCUT2D eigenvalue weighted by Gasteiger charge is 2.11. The predicted molar refractivity (Wildman–Crippen MR) is 94.1 cm³/mol. The highest BCUT2D eigenvalue weighted by Crippen LogP contribution is 2.33. The molecule has 5 heteroatoms. The number of pyridine rings is 1. The lowest BCUT2D eigenvalue weighted by Gasteiger charge is -2.21. The molecule has 0 spiro atoms. The summed E-state index contributed by atoms with van der Waals surface area (Å²) in [6, 6.07) is 10.0. The fourth-order valence-electron chi connectivity index (χ4n) is 1.65. The van der Waals surface area contributed by atoms with Crippen LogP contribution in [0.3, 0.4) is 0 Å². The second kappa shape index (κ2) is 7.14. The summed E-state index contributed by atoms with van der Waals surface area (Å²) >= 11 is 11.5. The van der Waals surface area contributed by atoms with Gasteiger partial charge in [-0.1, -0.05) is 29.4 Å². The summed E-state index contributed by atoms with van der Waals surface area (Å²) in [6.07, 6.45) is 1.79. The number of benzene rings is 1. The molecule has 0 saturated carbocycles. The molecule has 0 radical (unpaired) electrons. The summed E-state index contributed by atoms with van der Waals surface area (Å²) in [4.78, 5) is 5.44. The zero-order valence-electron chi connectivity index (χ0n) is 12.3. The molecule has 112 valence electrons. The Kier molecular flexibility index (Phi) is 5.72. The maximum Gasteiger partial charge on any atom is 0.115 e. The molecule has 2 nitrogen and oxygen atoms in total. The van der Waals surface area contributed by atoms with E-state index in [0.29, 0.717) is 0 Å². The van der Waals surface area contributed by atoms with Gasteiger partial charge in [-0.15, -0.1) is 0 Å². The highest BCUT2D eigenvalue weighted by molar-refractivity contribution is 9.10. The molecule has 1 aromatic heterocycles. The van der Waals surface area contributed by atoms with Crippen LogP contribution in [0.25, 0.3) is 0 Å². The Labute approximate surface area is 143 Å². The van der Waals surface area contributed by atoms with Crippen molar-refractivity contribution in [2.24, 2.45) is 0 Å². The summed E-state index contributed by atoms with van der Waals surface area (Å²) in [7, 11) is 0. The largest absolute Gasteiger partial charge is 0.308 e. The maximum atomic E-state index is 6.38. The lowest BCUT2D eigenvalue weighted by atomic mass is 10.1. The van der Waals surface area contributed by atoms with E-state index in [9.17, 15) is 0 Å². The van der Waals surface area contributed by atoms with Crippen molar-refractivity contribution < 1.29 is 0 Å². The van der Waals surface area contributed by atoms with Gasteiger partial charge in [0.05, 0.1) is 4.47 Å². The molecular weight excluding hydrogens is 368 g/mol. The molecule has 0 aliphatic heterocycles. The summed E-state index contributed by atoms with van der Waals surface area (Å²) in [5, 5.41) is 5.17. The van der Waals surface area contributed by atoms with Crippen molar-refractivity contribution >= 4 is 39.3 Å². The minimum absolute atomic E-state index is 0.0789. The molecule has 2 rings (SSSR count). The van der Waals surface area contributed by atoms with Crippen LogP contribution in [0, 0.1) is 0 Å². The zero-order chi connectivity index (χ0) is 15.5. The highest BCUT2D eigenvalue weighted by atomic mass is 79.9. The van der Waals surface area contributed by atoms with Gasteiger partial charge in [-0.25, -0.2) is 4.98 Å². The van der Waals surface area contributed by atoms with Crippen LogP contribution >= 0.6 is 39.3 Å². The first-order valence-electron chi connectivity index (χ1n) is 6.67. The predicted octanol–water partition coefficient (Wildman–Crippen LogP) is 5.54. The number of nitrogens with one attached hydrogen (secondary N) is 1. The van der Waals surface area contributed by atoms with E-state index in [1.165, 1.54) is 0 Å². The molecule has 1 heterocycles. The van der Waals surface area contributed by atoms with Crippen LogP contribution in [-0.2, 0) is 6.54 Å². The van der Waals surface area contributed by atoms with Gasteiger partial charge in [-0.3, -0.25) is 0 Å². The Morgan fingerprint density at radius 2 is 2.05 bits per heavy atom. The van der Waals surface area contributed by atoms with Crippen LogP contribution in [0.15, 0.2) is 50.9 Å². The van der Waals surface area contributed by atoms with Crippen molar-refractivity contribution in [2.75, 3.05) is 0 Å². The summed E-state index contributed by atoms with van der Waals surface area (Å²) in [5.41, 5.74) is 1.19. The number of halogens is 2. The number of rotatable bonds is 4. The Hall–Kier alpha value is -0.550. The van der Waals surface area contributed by atoms with Gasteiger partial charge in [-0.05, 0) is 66.5 Å². The SMILES string of the molecule is CC(C)(C)NCc1ccc(Sc2ncccc2Br)cc1Cl. The number of hydrogen-bond donors (Lipinski definition) is 1. The average molecular weight is 386 g/mol. The molecule has 0 amide bonds. The molecule has 21 heavy (non-hydrogen) atoms. The minimum Gasteiger partial charge on any atom is -0.308 e. The van der Waals surface area contributed by atoms with Crippen LogP contribution in [0.2, 0.25) is 5.02 Å². The van der Waals surface area contributed by atoms with Gasteiger partial charge in [0.15, 0.2) is 0 Å². The third kappa shape index (κ3) is 5.29. The Balaban J connectivity index is 2.10. The van der Waals surface area contributed by atoms with Crippen LogP contribution in [0.4, 0.5) is 0 Å². The second-order valence-electron chi connectivity index (χ2n) is 5.75. The Morgan fingerprint density at radius 1 is 1.29 bits per heavy atom. The van der Waals surface area contributed by atoms with E-state index >= 15 is 0 Å². The van der Waals surface area contributed by atoms with Gasteiger partial charge in [0.25, 0.3) is 0 Å². The third-order valence-corrected chi connectivity index (χ3v) is 5.04. The summed E-state index contributed by atoms with van der Waals surface area (Å²) in [5.74, 6) is 0. The van der Waals surface area contributed by atoms with Gasteiger partial charge in [0, 0.05) is 28.2 Å². The molecule has 1 aromatic carbocycles. The quantitative estimate of drug-likeness (QED) is 0.748. The van der Waals surface area contributed by atoms with Crippen molar-refractivity contribution in [1.82, 2.24) is 10.3 Å². The molecule has 0 atom stereocenters. The Bertz CT molecular complexity index is 626. The fraction of sp³-hybridized carbons (Fsp3) is 0.312. The first-order valence-corrected chi connectivity index (χ1v) is 8.66. The monoisotopic (exact) mass is 384 g/mol.